The van der Waals surface area contributed by atoms with Crippen LogP contribution in [0.3, 0.4) is 0 Å². The van der Waals surface area contributed by atoms with Gasteiger partial charge < -0.3 is 5.32 Å². The van der Waals surface area contributed by atoms with E-state index in [0.717, 1.165) is 11.3 Å². The van der Waals surface area contributed by atoms with Gasteiger partial charge in [-0.25, -0.2) is 4.98 Å². The first-order valence-electron chi connectivity index (χ1n) is 4.88. The van der Waals surface area contributed by atoms with Gasteiger partial charge in [-0.15, -0.1) is 11.3 Å². The SMILES string of the molecule is CC(C)(C)[C@@H](NC(=O)c1cscn1)C(F)(F)F. The number of aromatic nitrogens is 1. The van der Waals surface area contributed by atoms with Crippen LogP contribution in [0.2, 0.25) is 0 Å². The molecule has 0 fully saturated rings. The maximum absolute atomic E-state index is 12.8. The highest BCUT2D eigenvalue weighted by atomic mass is 32.1. The Morgan fingerprint density at radius 2 is 2.00 bits per heavy atom. The molecule has 0 bridgehead atoms. The summed E-state index contributed by atoms with van der Waals surface area (Å²) in [5.41, 5.74) is 0.298. The van der Waals surface area contributed by atoms with Gasteiger partial charge in [-0.1, -0.05) is 20.8 Å². The second kappa shape index (κ2) is 4.64. The zero-order chi connectivity index (χ0) is 13.3. The normalized spacial score (nSPS) is 14.5. The number of rotatable bonds is 2. The lowest BCUT2D eigenvalue weighted by atomic mass is 9.86. The third kappa shape index (κ3) is 3.69. The van der Waals surface area contributed by atoms with Crippen molar-refractivity contribution in [3.8, 4) is 0 Å². The van der Waals surface area contributed by atoms with E-state index in [9.17, 15) is 18.0 Å². The summed E-state index contributed by atoms with van der Waals surface area (Å²) < 4.78 is 38.4. The molecule has 0 aliphatic carbocycles. The molecule has 0 saturated heterocycles. The number of carbonyl (C=O) groups excluding carboxylic acids is 1. The highest BCUT2D eigenvalue weighted by Crippen LogP contribution is 2.33. The Morgan fingerprint density at radius 1 is 1.41 bits per heavy atom. The van der Waals surface area contributed by atoms with Crippen molar-refractivity contribution in [3.63, 3.8) is 0 Å². The molecule has 96 valence electrons. The minimum absolute atomic E-state index is 0.00787. The topological polar surface area (TPSA) is 42.0 Å². The van der Waals surface area contributed by atoms with Crippen LogP contribution in [0.15, 0.2) is 10.9 Å². The van der Waals surface area contributed by atoms with Gasteiger partial charge in [0.05, 0.1) is 5.51 Å². The Kier molecular flexibility index (Phi) is 3.81. The highest BCUT2D eigenvalue weighted by molar-refractivity contribution is 7.07. The molecule has 1 heterocycles. The van der Waals surface area contributed by atoms with Crippen LogP contribution in [-0.2, 0) is 0 Å². The summed E-state index contributed by atoms with van der Waals surface area (Å²) in [5.74, 6) is -0.802. The number of hydrogen-bond acceptors (Lipinski definition) is 3. The van der Waals surface area contributed by atoms with Crippen molar-refractivity contribution in [2.75, 3.05) is 0 Å². The van der Waals surface area contributed by atoms with Crippen LogP contribution >= 0.6 is 11.3 Å². The molecular formula is C10H13F3N2OS. The zero-order valence-electron chi connectivity index (χ0n) is 9.63. The fourth-order valence-corrected chi connectivity index (χ4v) is 1.85. The van der Waals surface area contributed by atoms with Gasteiger partial charge in [-0.3, -0.25) is 4.79 Å². The van der Waals surface area contributed by atoms with Crippen molar-refractivity contribution in [3.05, 3.63) is 16.6 Å². The second-order valence-corrected chi connectivity index (χ2v) is 5.41. The summed E-state index contributed by atoms with van der Waals surface area (Å²) in [5, 5.41) is 3.39. The van der Waals surface area contributed by atoms with Crippen molar-refractivity contribution in [1.29, 1.82) is 0 Å². The molecule has 7 heteroatoms. The predicted molar refractivity (Wildman–Crippen MR) is 58.9 cm³/mol. The minimum atomic E-state index is -4.48. The van der Waals surface area contributed by atoms with E-state index in [-0.39, 0.29) is 5.69 Å². The first-order chi connectivity index (χ1) is 7.62. The van der Waals surface area contributed by atoms with Gasteiger partial charge in [0.1, 0.15) is 11.7 Å². The second-order valence-electron chi connectivity index (χ2n) is 4.69. The lowest BCUT2D eigenvalue weighted by Gasteiger charge is -2.32. The average molecular weight is 266 g/mol. The molecular weight excluding hydrogens is 253 g/mol. The van der Waals surface area contributed by atoms with Gasteiger partial charge in [-0.05, 0) is 5.41 Å². The third-order valence-corrected chi connectivity index (χ3v) is 2.72. The van der Waals surface area contributed by atoms with Gasteiger partial charge in [0.25, 0.3) is 5.91 Å². The van der Waals surface area contributed by atoms with Gasteiger partial charge in [-0.2, -0.15) is 13.2 Å². The van der Waals surface area contributed by atoms with Crippen molar-refractivity contribution < 1.29 is 18.0 Å². The quantitative estimate of drug-likeness (QED) is 0.894. The monoisotopic (exact) mass is 266 g/mol. The van der Waals surface area contributed by atoms with E-state index in [1.165, 1.54) is 31.7 Å². The minimum Gasteiger partial charge on any atom is -0.338 e. The van der Waals surface area contributed by atoms with E-state index >= 15 is 0 Å². The van der Waals surface area contributed by atoms with E-state index in [1.807, 2.05) is 5.32 Å². The molecule has 1 rings (SSSR count). The summed E-state index contributed by atoms with van der Waals surface area (Å²) in [7, 11) is 0. The molecule has 1 aromatic heterocycles. The van der Waals surface area contributed by atoms with Crippen molar-refractivity contribution >= 4 is 17.2 Å². The number of thiazole rings is 1. The van der Waals surface area contributed by atoms with Crippen LogP contribution in [0, 0.1) is 5.41 Å². The van der Waals surface area contributed by atoms with Crippen molar-refractivity contribution in [2.24, 2.45) is 5.41 Å². The zero-order valence-corrected chi connectivity index (χ0v) is 10.4. The first kappa shape index (κ1) is 14.0. The Labute approximate surface area is 101 Å². The van der Waals surface area contributed by atoms with Crippen LogP contribution in [-0.4, -0.2) is 23.1 Å². The Bertz CT molecular complexity index is 367. The van der Waals surface area contributed by atoms with Gasteiger partial charge in [0.2, 0.25) is 0 Å². The summed E-state index contributed by atoms with van der Waals surface area (Å²) in [6.07, 6.45) is -4.48. The molecule has 0 aromatic carbocycles. The highest BCUT2D eigenvalue weighted by Gasteiger charge is 2.47. The number of carbonyl (C=O) groups is 1. The Hall–Kier alpha value is -1.11. The summed E-state index contributed by atoms with van der Waals surface area (Å²) in [4.78, 5) is 15.2. The molecule has 0 saturated carbocycles. The first-order valence-corrected chi connectivity index (χ1v) is 5.82. The fraction of sp³-hybridized carbons (Fsp3) is 0.600. The van der Waals surface area contributed by atoms with Crippen molar-refractivity contribution in [2.45, 2.75) is 33.0 Å². The summed E-state index contributed by atoms with van der Waals surface area (Å²) in [6, 6.07) is -1.90. The number of hydrogen-bond donors (Lipinski definition) is 1. The lowest BCUT2D eigenvalue weighted by Crippen LogP contribution is -2.53. The molecule has 1 atom stereocenters. The van der Waals surface area contributed by atoms with Crippen LogP contribution < -0.4 is 5.32 Å². The van der Waals surface area contributed by atoms with Crippen LogP contribution in [0.1, 0.15) is 31.3 Å². The van der Waals surface area contributed by atoms with Crippen LogP contribution in [0.5, 0.6) is 0 Å². The number of nitrogens with one attached hydrogen (secondary N) is 1. The maximum atomic E-state index is 12.8. The van der Waals surface area contributed by atoms with E-state index in [4.69, 9.17) is 0 Å². The van der Waals surface area contributed by atoms with E-state index < -0.39 is 23.5 Å². The molecule has 17 heavy (non-hydrogen) atoms. The largest absolute Gasteiger partial charge is 0.409 e. The van der Waals surface area contributed by atoms with E-state index in [1.54, 1.807) is 0 Å². The lowest BCUT2D eigenvalue weighted by molar-refractivity contribution is -0.174. The molecule has 0 aliphatic heterocycles. The van der Waals surface area contributed by atoms with E-state index in [2.05, 4.69) is 4.98 Å². The maximum Gasteiger partial charge on any atom is 0.409 e. The summed E-state index contributed by atoms with van der Waals surface area (Å²) >= 11 is 1.16. The number of alkyl halides is 3. The molecule has 0 aliphatic rings. The fourth-order valence-electron chi connectivity index (χ4n) is 1.32. The van der Waals surface area contributed by atoms with Gasteiger partial charge in [0, 0.05) is 5.38 Å². The molecule has 3 nitrogen and oxygen atoms in total. The van der Waals surface area contributed by atoms with Crippen molar-refractivity contribution in [1.82, 2.24) is 10.3 Å². The molecule has 0 unspecified atom stereocenters. The Balaban J connectivity index is 2.85. The number of halogens is 3. The molecule has 1 N–H and O–H groups in total. The smallest absolute Gasteiger partial charge is 0.338 e. The third-order valence-electron chi connectivity index (χ3n) is 2.13. The van der Waals surface area contributed by atoms with Gasteiger partial charge in [0.15, 0.2) is 0 Å². The standard InChI is InChI=1S/C10H13F3N2OS/c1-9(2,3)8(10(11,12)13)15-7(16)6-4-17-5-14-6/h4-5,8H,1-3H3,(H,15,16)/t8-/m1/s1. The van der Waals surface area contributed by atoms with E-state index in [0.29, 0.717) is 0 Å². The van der Waals surface area contributed by atoms with Crippen LogP contribution in [0.4, 0.5) is 13.2 Å². The molecule has 1 amide bonds. The number of amides is 1. The Morgan fingerprint density at radius 3 is 2.35 bits per heavy atom. The molecule has 0 radical (unpaired) electrons. The van der Waals surface area contributed by atoms with Gasteiger partial charge >= 0.3 is 6.18 Å². The average Bonchev–Trinajstić information content (AvgIpc) is 2.62. The summed E-state index contributed by atoms with van der Waals surface area (Å²) in [6.45, 7) is 4.27. The molecule has 1 aromatic rings. The molecule has 0 spiro atoms. The predicted octanol–water partition coefficient (Wildman–Crippen LogP) is 2.85. The number of nitrogens with zero attached hydrogens (tertiary/aromatic N) is 1. The van der Waals surface area contributed by atoms with Crippen LogP contribution in [0.25, 0.3) is 0 Å².